The van der Waals surface area contributed by atoms with Crippen molar-refractivity contribution in [2.24, 2.45) is 0 Å². The molecular formula is C56H38N2. The minimum Gasteiger partial charge on any atom is -0.310 e. The van der Waals surface area contributed by atoms with E-state index in [0.29, 0.717) is 0 Å². The Morgan fingerprint density at radius 2 is 0.828 bits per heavy atom. The Morgan fingerprint density at radius 1 is 0.293 bits per heavy atom. The average Bonchev–Trinajstić information content (AvgIpc) is 3.63. The van der Waals surface area contributed by atoms with Crippen LogP contribution in [0.4, 0.5) is 17.1 Å². The van der Waals surface area contributed by atoms with Crippen LogP contribution in [0.2, 0.25) is 0 Å². The van der Waals surface area contributed by atoms with Crippen molar-refractivity contribution in [1.29, 1.82) is 0 Å². The second kappa shape index (κ2) is 14.1. The summed E-state index contributed by atoms with van der Waals surface area (Å²) in [5.41, 5.74) is 14.0. The van der Waals surface area contributed by atoms with E-state index in [2.05, 4.69) is 240 Å². The quantitative estimate of drug-likeness (QED) is 0.158. The molecule has 0 fully saturated rings. The molecule has 272 valence electrons. The predicted molar refractivity (Wildman–Crippen MR) is 247 cm³/mol. The van der Waals surface area contributed by atoms with Crippen molar-refractivity contribution in [2.45, 2.75) is 0 Å². The van der Waals surface area contributed by atoms with Gasteiger partial charge in [0.25, 0.3) is 0 Å². The summed E-state index contributed by atoms with van der Waals surface area (Å²) in [6.07, 6.45) is 0. The van der Waals surface area contributed by atoms with Gasteiger partial charge in [0.1, 0.15) is 0 Å². The van der Waals surface area contributed by atoms with Crippen molar-refractivity contribution in [3.8, 4) is 39.1 Å². The maximum atomic E-state index is 2.43. The summed E-state index contributed by atoms with van der Waals surface area (Å²) in [6.45, 7) is 0. The molecule has 11 rings (SSSR count). The van der Waals surface area contributed by atoms with E-state index in [0.717, 1.165) is 22.7 Å². The lowest BCUT2D eigenvalue weighted by Gasteiger charge is -2.28. The zero-order valence-corrected chi connectivity index (χ0v) is 31.8. The van der Waals surface area contributed by atoms with E-state index in [-0.39, 0.29) is 0 Å². The van der Waals surface area contributed by atoms with Crippen LogP contribution in [-0.4, -0.2) is 4.57 Å². The summed E-state index contributed by atoms with van der Waals surface area (Å²) in [6, 6.07) is 83.8. The molecule has 1 aromatic heterocycles. The molecule has 0 bridgehead atoms. The molecule has 1 heterocycles. The maximum Gasteiger partial charge on any atom is 0.0561 e. The van der Waals surface area contributed by atoms with Gasteiger partial charge in [0.2, 0.25) is 0 Å². The Balaban J connectivity index is 1.05. The van der Waals surface area contributed by atoms with Gasteiger partial charge >= 0.3 is 0 Å². The molecule has 0 aliphatic rings. The van der Waals surface area contributed by atoms with E-state index < -0.39 is 0 Å². The first-order valence-electron chi connectivity index (χ1n) is 19.9. The molecule has 2 nitrogen and oxygen atoms in total. The first-order chi connectivity index (χ1) is 28.7. The molecule has 10 aromatic carbocycles. The molecule has 0 saturated heterocycles. The van der Waals surface area contributed by atoms with E-state index in [1.165, 1.54) is 76.7 Å². The Labute approximate surface area is 338 Å². The fraction of sp³-hybridized carbons (Fsp3) is 0. The Kier molecular flexibility index (Phi) is 8.19. The fourth-order valence-electron chi connectivity index (χ4n) is 8.71. The first kappa shape index (κ1) is 33.6. The lowest BCUT2D eigenvalue weighted by Crippen LogP contribution is -2.11. The largest absolute Gasteiger partial charge is 0.310 e. The van der Waals surface area contributed by atoms with Crippen molar-refractivity contribution < 1.29 is 0 Å². The molecule has 58 heavy (non-hydrogen) atoms. The van der Waals surface area contributed by atoms with Gasteiger partial charge in [-0.05, 0) is 116 Å². The zero-order chi connectivity index (χ0) is 38.4. The van der Waals surface area contributed by atoms with Gasteiger partial charge in [-0.25, -0.2) is 0 Å². The summed E-state index contributed by atoms with van der Waals surface area (Å²) in [5, 5.41) is 7.38. The maximum absolute atomic E-state index is 2.43. The summed E-state index contributed by atoms with van der Waals surface area (Å²) < 4.78 is 2.40. The topological polar surface area (TPSA) is 8.17 Å². The van der Waals surface area contributed by atoms with Gasteiger partial charge in [0.05, 0.1) is 16.7 Å². The van der Waals surface area contributed by atoms with E-state index in [1.807, 2.05) is 0 Å². The number of hydrogen-bond donors (Lipinski definition) is 0. The molecule has 0 radical (unpaired) electrons. The molecular weight excluding hydrogens is 701 g/mol. The minimum atomic E-state index is 1.09. The number of nitrogens with zero attached hydrogens (tertiary/aromatic N) is 2. The third-order valence-corrected chi connectivity index (χ3v) is 11.5. The normalized spacial score (nSPS) is 11.4. The lowest BCUT2D eigenvalue weighted by atomic mass is 9.96. The van der Waals surface area contributed by atoms with Crippen molar-refractivity contribution in [1.82, 2.24) is 4.57 Å². The number of rotatable bonds is 7. The molecule has 0 atom stereocenters. The summed E-state index contributed by atoms with van der Waals surface area (Å²) >= 11 is 0. The van der Waals surface area contributed by atoms with Crippen molar-refractivity contribution in [3.63, 3.8) is 0 Å². The molecule has 0 amide bonds. The minimum absolute atomic E-state index is 1.09. The predicted octanol–water partition coefficient (Wildman–Crippen LogP) is 15.6. The van der Waals surface area contributed by atoms with Crippen LogP contribution in [0.1, 0.15) is 0 Å². The number of anilines is 3. The van der Waals surface area contributed by atoms with Crippen molar-refractivity contribution >= 4 is 60.4 Å². The highest BCUT2D eigenvalue weighted by molar-refractivity contribution is 6.10. The standard InChI is InChI=1S/C56H38N2/c1-3-15-40(16-4-1)51-22-9-11-24-54(51)57(50-32-33-53-52-23-10-12-25-55(52)58(56(53)38-50)48-20-5-2-6-21-48)49-31-30-46-36-45(28-29-47(46)37-49)43-19-13-18-42(35-43)44-27-26-39-14-7-8-17-41(39)34-44/h1-38H. The zero-order valence-electron chi connectivity index (χ0n) is 31.8. The second-order valence-corrected chi connectivity index (χ2v) is 15.0. The summed E-state index contributed by atoms with van der Waals surface area (Å²) in [7, 11) is 0. The van der Waals surface area contributed by atoms with Crippen LogP contribution >= 0.6 is 0 Å². The second-order valence-electron chi connectivity index (χ2n) is 15.0. The molecule has 2 heteroatoms. The number of fused-ring (bicyclic) bond motifs is 5. The van der Waals surface area contributed by atoms with Gasteiger partial charge < -0.3 is 9.47 Å². The number of hydrogen-bond acceptors (Lipinski definition) is 1. The average molecular weight is 739 g/mol. The third kappa shape index (κ3) is 5.91. The lowest BCUT2D eigenvalue weighted by molar-refractivity contribution is 1.18. The third-order valence-electron chi connectivity index (χ3n) is 11.5. The van der Waals surface area contributed by atoms with Crippen LogP contribution < -0.4 is 4.90 Å². The van der Waals surface area contributed by atoms with Crippen LogP contribution in [0, 0.1) is 0 Å². The number of aromatic nitrogens is 1. The molecule has 0 spiro atoms. The van der Waals surface area contributed by atoms with Gasteiger partial charge in [0, 0.05) is 33.4 Å². The molecule has 0 aliphatic carbocycles. The molecule has 0 saturated carbocycles. The van der Waals surface area contributed by atoms with E-state index in [9.17, 15) is 0 Å². The van der Waals surface area contributed by atoms with Crippen LogP contribution in [-0.2, 0) is 0 Å². The molecule has 0 unspecified atom stereocenters. The molecule has 0 N–H and O–H groups in total. The highest BCUT2D eigenvalue weighted by Gasteiger charge is 2.20. The van der Waals surface area contributed by atoms with Gasteiger partial charge in [-0.2, -0.15) is 0 Å². The van der Waals surface area contributed by atoms with Gasteiger partial charge in [-0.1, -0.05) is 164 Å². The highest BCUT2D eigenvalue weighted by atomic mass is 15.1. The number of para-hydroxylation sites is 3. The van der Waals surface area contributed by atoms with Gasteiger partial charge in [-0.15, -0.1) is 0 Å². The Hall–Kier alpha value is -7.68. The van der Waals surface area contributed by atoms with E-state index in [4.69, 9.17) is 0 Å². The molecule has 0 aliphatic heterocycles. The summed E-state index contributed by atoms with van der Waals surface area (Å²) in [5.74, 6) is 0. The first-order valence-corrected chi connectivity index (χ1v) is 19.9. The smallest absolute Gasteiger partial charge is 0.0561 e. The Bertz CT molecular complexity index is 3290. The van der Waals surface area contributed by atoms with Gasteiger partial charge in [0.15, 0.2) is 0 Å². The van der Waals surface area contributed by atoms with Crippen LogP contribution in [0.5, 0.6) is 0 Å². The van der Waals surface area contributed by atoms with Gasteiger partial charge in [-0.3, -0.25) is 0 Å². The Morgan fingerprint density at radius 3 is 1.64 bits per heavy atom. The highest BCUT2D eigenvalue weighted by Crippen LogP contribution is 2.44. The SMILES string of the molecule is c1ccc(-c2ccccc2N(c2ccc3cc(-c4cccc(-c5ccc6ccccc6c5)c4)ccc3c2)c2ccc3c4ccccc4n(-c4ccccc4)c3c2)cc1. The fourth-order valence-corrected chi connectivity index (χ4v) is 8.71. The van der Waals surface area contributed by atoms with Crippen molar-refractivity contribution in [2.75, 3.05) is 4.90 Å². The van der Waals surface area contributed by atoms with Crippen LogP contribution in [0.3, 0.4) is 0 Å². The van der Waals surface area contributed by atoms with Crippen molar-refractivity contribution in [3.05, 3.63) is 231 Å². The van der Waals surface area contributed by atoms with Crippen LogP contribution in [0.25, 0.3) is 82.4 Å². The monoisotopic (exact) mass is 738 g/mol. The van der Waals surface area contributed by atoms with E-state index in [1.54, 1.807) is 0 Å². The summed E-state index contributed by atoms with van der Waals surface area (Å²) in [4.78, 5) is 2.43. The van der Waals surface area contributed by atoms with Crippen LogP contribution in [0.15, 0.2) is 231 Å². The molecule has 11 aromatic rings. The number of benzene rings is 10. The van der Waals surface area contributed by atoms with E-state index >= 15 is 0 Å².